The van der Waals surface area contributed by atoms with E-state index in [-0.39, 0.29) is 23.5 Å². The fourth-order valence-corrected chi connectivity index (χ4v) is 7.46. The van der Waals surface area contributed by atoms with Crippen LogP contribution in [0.3, 0.4) is 0 Å². The highest BCUT2D eigenvalue weighted by molar-refractivity contribution is 7.91. The predicted octanol–water partition coefficient (Wildman–Crippen LogP) is 4.07. The molecule has 3 aromatic rings. The number of benzene rings is 1. The molecular weight excluding hydrogens is 460 g/mol. The minimum Gasteiger partial charge on any atom is -0.339 e. The van der Waals surface area contributed by atoms with Gasteiger partial charge in [-0.25, -0.2) is 18.1 Å². The quantitative estimate of drug-likeness (QED) is 0.536. The number of hydrogen-bond donors (Lipinski definition) is 0. The molecule has 1 saturated carbocycles. The zero-order valence-electron chi connectivity index (χ0n) is 20.2. The zero-order chi connectivity index (χ0) is 24.2. The van der Waals surface area contributed by atoms with Gasteiger partial charge in [-0.3, -0.25) is 4.79 Å². The number of amides is 1. The number of carbonyl (C=O) groups is 1. The Labute approximate surface area is 206 Å². The number of hydrogen-bond acceptors (Lipinski definition) is 5. The molecule has 1 aromatic carbocycles. The van der Waals surface area contributed by atoms with Crippen molar-refractivity contribution in [1.29, 1.82) is 0 Å². The highest BCUT2D eigenvalue weighted by Crippen LogP contribution is 2.41. The van der Waals surface area contributed by atoms with E-state index >= 15 is 0 Å². The fourth-order valence-electron chi connectivity index (χ4n) is 5.77. The number of pyridine rings is 1. The van der Waals surface area contributed by atoms with Crippen LogP contribution < -0.4 is 0 Å². The molecule has 4 heterocycles. The number of fused-ring (bicyclic) bond motifs is 1. The van der Waals surface area contributed by atoms with Gasteiger partial charge in [0.25, 0.3) is 5.91 Å². The van der Waals surface area contributed by atoms with Crippen molar-refractivity contribution in [2.45, 2.75) is 57.4 Å². The van der Waals surface area contributed by atoms with Crippen molar-refractivity contribution in [3.8, 4) is 0 Å². The van der Waals surface area contributed by atoms with E-state index in [0.29, 0.717) is 29.5 Å². The maximum absolute atomic E-state index is 13.8. The Morgan fingerprint density at radius 2 is 1.80 bits per heavy atom. The van der Waals surface area contributed by atoms with Crippen LogP contribution in [0.5, 0.6) is 0 Å². The molecule has 1 amide bonds. The summed E-state index contributed by atoms with van der Waals surface area (Å²) in [6, 6.07) is 12.4. The van der Waals surface area contributed by atoms with Crippen molar-refractivity contribution in [2.24, 2.45) is 5.92 Å². The first-order chi connectivity index (χ1) is 16.9. The lowest BCUT2D eigenvalue weighted by Crippen LogP contribution is -2.39. The van der Waals surface area contributed by atoms with Gasteiger partial charge in [0.1, 0.15) is 0 Å². The second-order valence-corrected chi connectivity index (χ2v) is 12.8. The summed E-state index contributed by atoms with van der Waals surface area (Å²) < 4.78 is 26.1. The molecule has 0 bridgehead atoms. The molecule has 7 nitrogen and oxygen atoms in total. The monoisotopic (exact) mass is 492 g/mol. The third kappa shape index (κ3) is 4.48. The van der Waals surface area contributed by atoms with Crippen molar-refractivity contribution in [3.63, 3.8) is 0 Å². The normalized spacial score (nSPS) is 22.7. The van der Waals surface area contributed by atoms with Crippen molar-refractivity contribution in [1.82, 2.24) is 19.7 Å². The fraction of sp³-hybridized carbons (Fsp3) is 0.519. The number of rotatable bonds is 5. The Balaban J connectivity index is 1.28. The van der Waals surface area contributed by atoms with E-state index in [1.54, 1.807) is 4.68 Å². The number of aryl methyl sites for hydroxylation is 1. The van der Waals surface area contributed by atoms with Gasteiger partial charge in [0.05, 0.1) is 34.2 Å². The van der Waals surface area contributed by atoms with Crippen LogP contribution in [0.1, 0.15) is 71.4 Å². The van der Waals surface area contributed by atoms with Gasteiger partial charge >= 0.3 is 0 Å². The van der Waals surface area contributed by atoms with E-state index in [1.807, 2.05) is 24.0 Å². The first-order valence-electron chi connectivity index (χ1n) is 12.8. The van der Waals surface area contributed by atoms with Gasteiger partial charge in [-0.05, 0) is 63.0 Å². The Bertz CT molecular complexity index is 1370. The molecule has 0 radical (unpaired) electrons. The second kappa shape index (κ2) is 8.73. The molecule has 3 fully saturated rings. The summed E-state index contributed by atoms with van der Waals surface area (Å²) in [5.74, 6) is 1.31. The van der Waals surface area contributed by atoms with Crippen LogP contribution in [-0.2, 0) is 16.3 Å². The van der Waals surface area contributed by atoms with Gasteiger partial charge in [-0.1, -0.05) is 30.3 Å². The van der Waals surface area contributed by atoms with E-state index in [0.717, 1.165) is 62.0 Å². The summed E-state index contributed by atoms with van der Waals surface area (Å²) in [5, 5.41) is 5.51. The minimum absolute atomic E-state index is 0.0548. The standard InChI is InChI=1S/C27H32N4O3S/c1-18-25-23(27(32)30-12-9-20(10-13-30)15-19-5-3-2-4-6-19)16-24(21-7-8-21)28-26(25)31(29-18)22-11-14-35(33,34)17-22/h2-6,16,20-22H,7-15,17H2,1H3. The van der Waals surface area contributed by atoms with E-state index in [4.69, 9.17) is 10.1 Å². The topological polar surface area (TPSA) is 85.2 Å². The number of piperidine rings is 1. The van der Waals surface area contributed by atoms with Crippen LogP contribution in [0.25, 0.3) is 11.0 Å². The molecule has 3 aliphatic rings. The summed E-state index contributed by atoms with van der Waals surface area (Å²) in [5.41, 5.74) is 4.42. The number of carbonyl (C=O) groups excluding carboxylic acids is 1. The van der Waals surface area contributed by atoms with E-state index in [1.165, 1.54) is 5.56 Å². The Hall–Kier alpha value is -2.74. The number of sulfone groups is 1. The van der Waals surface area contributed by atoms with Crippen LogP contribution in [-0.4, -0.2) is 58.6 Å². The van der Waals surface area contributed by atoms with E-state index in [9.17, 15) is 13.2 Å². The summed E-state index contributed by atoms with van der Waals surface area (Å²) >= 11 is 0. The zero-order valence-corrected chi connectivity index (χ0v) is 21.0. The summed E-state index contributed by atoms with van der Waals surface area (Å²) in [7, 11) is -3.05. The Morgan fingerprint density at radius 1 is 1.06 bits per heavy atom. The number of likely N-dealkylation sites (tertiary alicyclic amines) is 1. The van der Waals surface area contributed by atoms with Crippen molar-refractivity contribution in [2.75, 3.05) is 24.6 Å². The SMILES string of the molecule is Cc1nn(C2CCS(=O)(=O)C2)c2nc(C3CC3)cc(C(=O)N3CCC(Cc4ccccc4)CC3)c12. The third-order valence-corrected chi connectivity index (χ3v) is 9.66. The molecule has 8 heteroatoms. The van der Waals surface area contributed by atoms with Crippen LogP contribution >= 0.6 is 0 Å². The first-order valence-corrected chi connectivity index (χ1v) is 14.6. The lowest BCUT2D eigenvalue weighted by Gasteiger charge is -2.32. The first kappa shape index (κ1) is 22.7. The molecule has 1 aliphatic carbocycles. The lowest BCUT2D eigenvalue weighted by molar-refractivity contribution is 0.0692. The van der Waals surface area contributed by atoms with Gasteiger partial charge in [0, 0.05) is 24.7 Å². The molecule has 184 valence electrons. The van der Waals surface area contributed by atoms with Crippen molar-refractivity contribution < 1.29 is 13.2 Å². The van der Waals surface area contributed by atoms with Gasteiger partial charge in [0.2, 0.25) is 0 Å². The molecule has 2 aromatic heterocycles. The predicted molar refractivity (Wildman–Crippen MR) is 135 cm³/mol. The molecule has 6 rings (SSSR count). The van der Waals surface area contributed by atoms with Gasteiger partial charge in [-0.15, -0.1) is 0 Å². The van der Waals surface area contributed by atoms with Crippen LogP contribution in [0.15, 0.2) is 36.4 Å². The van der Waals surface area contributed by atoms with Crippen LogP contribution in [0.2, 0.25) is 0 Å². The van der Waals surface area contributed by atoms with E-state index < -0.39 is 9.84 Å². The van der Waals surface area contributed by atoms with E-state index in [2.05, 4.69) is 24.3 Å². The highest BCUT2D eigenvalue weighted by Gasteiger charge is 2.35. The number of aromatic nitrogens is 3. The maximum Gasteiger partial charge on any atom is 0.254 e. The smallest absolute Gasteiger partial charge is 0.254 e. The maximum atomic E-state index is 13.8. The summed E-state index contributed by atoms with van der Waals surface area (Å²) in [4.78, 5) is 20.7. The molecule has 2 aliphatic heterocycles. The van der Waals surface area contributed by atoms with Crippen molar-refractivity contribution in [3.05, 3.63) is 58.9 Å². The molecule has 1 unspecified atom stereocenters. The molecule has 0 spiro atoms. The number of nitrogens with zero attached hydrogens (tertiary/aromatic N) is 4. The highest BCUT2D eigenvalue weighted by atomic mass is 32.2. The molecule has 1 atom stereocenters. The average Bonchev–Trinajstić information content (AvgIpc) is 3.57. The average molecular weight is 493 g/mol. The molecule has 2 saturated heterocycles. The summed E-state index contributed by atoms with van der Waals surface area (Å²) in [6.07, 6.45) is 5.78. The lowest BCUT2D eigenvalue weighted by atomic mass is 9.90. The Kier molecular flexibility index (Phi) is 5.66. The van der Waals surface area contributed by atoms with Gasteiger partial charge < -0.3 is 4.90 Å². The third-order valence-electron chi connectivity index (χ3n) is 7.91. The Morgan fingerprint density at radius 3 is 2.46 bits per heavy atom. The van der Waals surface area contributed by atoms with Gasteiger partial charge in [0.15, 0.2) is 15.5 Å². The largest absolute Gasteiger partial charge is 0.339 e. The molecular formula is C27H32N4O3S. The summed E-state index contributed by atoms with van der Waals surface area (Å²) in [6.45, 7) is 3.42. The van der Waals surface area contributed by atoms with Crippen molar-refractivity contribution >= 4 is 26.8 Å². The minimum atomic E-state index is -3.05. The van der Waals surface area contributed by atoms with Gasteiger partial charge in [-0.2, -0.15) is 5.10 Å². The molecule has 35 heavy (non-hydrogen) atoms. The molecule has 0 N–H and O–H groups in total. The second-order valence-electron chi connectivity index (χ2n) is 10.6. The van der Waals surface area contributed by atoms with Crippen LogP contribution in [0.4, 0.5) is 0 Å². The van der Waals surface area contributed by atoms with Crippen LogP contribution in [0, 0.1) is 12.8 Å².